The lowest BCUT2D eigenvalue weighted by atomic mass is 9.75. The maximum atomic E-state index is 6.65. The van der Waals surface area contributed by atoms with Crippen LogP contribution in [0.5, 0.6) is 0 Å². The van der Waals surface area contributed by atoms with Gasteiger partial charge in [0.05, 0.1) is 0 Å². The van der Waals surface area contributed by atoms with Gasteiger partial charge in [-0.1, -0.05) is 38.0 Å². The zero-order valence-electron chi connectivity index (χ0n) is 12.4. The molecule has 2 heteroatoms. The SMILES string of the molecule is CCCC1CCC(Cl)C(CC2CSc3ccccc32)C1. The zero-order chi connectivity index (χ0) is 13.9. The van der Waals surface area contributed by atoms with Crippen LogP contribution in [0.2, 0.25) is 0 Å². The summed E-state index contributed by atoms with van der Waals surface area (Å²) in [5.74, 6) is 3.67. The Morgan fingerprint density at radius 3 is 2.95 bits per heavy atom. The molecule has 1 fully saturated rings. The second-order valence-electron chi connectivity index (χ2n) is 6.53. The maximum Gasteiger partial charge on any atom is 0.0364 e. The Morgan fingerprint density at radius 2 is 2.10 bits per heavy atom. The molecule has 0 nitrogen and oxygen atoms in total. The number of hydrogen-bond donors (Lipinski definition) is 0. The van der Waals surface area contributed by atoms with Crippen molar-refractivity contribution in [1.82, 2.24) is 0 Å². The van der Waals surface area contributed by atoms with Crippen LogP contribution < -0.4 is 0 Å². The van der Waals surface area contributed by atoms with Crippen LogP contribution in [0.15, 0.2) is 29.2 Å². The molecule has 20 heavy (non-hydrogen) atoms. The topological polar surface area (TPSA) is 0 Å². The van der Waals surface area contributed by atoms with Gasteiger partial charge in [0.2, 0.25) is 0 Å². The molecule has 4 unspecified atom stereocenters. The first-order chi connectivity index (χ1) is 9.78. The lowest BCUT2D eigenvalue weighted by Crippen LogP contribution is -2.27. The minimum Gasteiger partial charge on any atom is -0.125 e. The van der Waals surface area contributed by atoms with Crippen molar-refractivity contribution in [3.05, 3.63) is 29.8 Å². The normalized spacial score (nSPS) is 33.1. The molecule has 0 aromatic heterocycles. The lowest BCUT2D eigenvalue weighted by molar-refractivity contribution is 0.240. The Balaban J connectivity index is 1.65. The molecule has 2 aliphatic rings. The number of halogens is 1. The minimum atomic E-state index is 0.417. The van der Waals surface area contributed by atoms with E-state index in [0.717, 1.165) is 17.8 Å². The van der Waals surface area contributed by atoms with Crippen LogP contribution in [-0.2, 0) is 0 Å². The number of hydrogen-bond acceptors (Lipinski definition) is 1. The van der Waals surface area contributed by atoms with E-state index in [1.54, 1.807) is 5.56 Å². The highest BCUT2D eigenvalue weighted by Gasteiger charge is 2.33. The molecule has 3 rings (SSSR count). The van der Waals surface area contributed by atoms with E-state index in [0.29, 0.717) is 5.38 Å². The first-order valence-electron chi connectivity index (χ1n) is 8.13. The van der Waals surface area contributed by atoms with Crippen LogP contribution in [0.25, 0.3) is 0 Å². The molecular weight excluding hydrogens is 284 g/mol. The molecule has 0 saturated heterocycles. The van der Waals surface area contributed by atoms with Gasteiger partial charge < -0.3 is 0 Å². The van der Waals surface area contributed by atoms with Crippen molar-refractivity contribution >= 4 is 23.4 Å². The van der Waals surface area contributed by atoms with Crippen molar-refractivity contribution in [2.45, 2.75) is 61.6 Å². The van der Waals surface area contributed by atoms with Crippen LogP contribution in [-0.4, -0.2) is 11.1 Å². The molecule has 1 heterocycles. The van der Waals surface area contributed by atoms with Gasteiger partial charge in [0.15, 0.2) is 0 Å². The van der Waals surface area contributed by atoms with Crippen molar-refractivity contribution in [2.75, 3.05) is 5.75 Å². The van der Waals surface area contributed by atoms with Crippen LogP contribution in [0.1, 0.15) is 56.9 Å². The Bertz CT molecular complexity index is 445. The highest BCUT2D eigenvalue weighted by Crippen LogP contribution is 2.46. The molecular formula is C18H25ClS. The number of benzene rings is 1. The van der Waals surface area contributed by atoms with Crippen LogP contribution in [0.4, 0.5) is 0 Å². The summed E-state index contributed by atoms with van der Waals surface area (Å²) in [6.07, 6.45) is 7.99. The molecule has 1 aliphatic heterocycles. The van der Waals surface area contributed by atoms with E-state index in [-0.39, 0.29) is 0 Å². The first kappa shape index (κ1) is 14.8. The van der Waals surface area contributed by atoms with Crippen molar-refractivity contribution < 1.29 is 0 Å². The van der Waals surface area contributed by atoms with E-state index in [1.807, 2.05) is 11.8 Å². The third kappa shape index (κ3) is 3.20. The summed E-state index contributed by atoms with van der Waals surface area (Å²) in [7, 11) is 0. The van der Waals surface area contributed by atoms with E-state index in [2.05, 4.69) is 31.2 Å². The van der Waals surface area contributed by atoms with E-state index in [9.17, 15) is 0 Å². The van der Waals surface area contributed by atoms with Crippen molar-refractivity contribution in [2.24, 2.45) is 11.8 Å². The van der Waals surface area contributed by atoms with E-state index in [1.165, 1.54) is 49.2 Å². The summed E-state index contributed by atoms with van der Waals surface area (Å²) < 4.78 is 0. The quantitative estimate of drug-likeness (QED) is 0.606. The second kappa shape index (κ2) is 6.75. The molecule has 0 amide bonds. The van der Waals surface area contributed by atoms with Gasteiger partial charge in [0.1, 0.15) is 0 Å². The molecule has 0 bridgehead atoms. The number of fused-ring (bicyclic) bond motifs is 1. The summed E-state index contributed by atoms with van der Waals surface area (Å²) in [6, 6.07) is 8.96. The second-order valence-corrected chi connectivity index (χ2v) is 8.15. The average Bonchev–Trinajstić information content (AvgIpc) is 2.86. The van der Waals surface area contributed by atoms with Gasteiger partial charge in [0.25, 0.3) is 0 Å². The number of thioether (sulfide) groups is 1. The Morgan fingerprint density at radius 1 is 1.25 bits per heavy atom. The maximum absolute atomic E-state index is 6.65. The molecule has 1 aromatic carbocycles. The minimum absolute atomic E-state index is 0.417. The summed E-state index contributed by atoms with van der Waals surface area (Å²) in [4.78, 5) is 1.50. The average molecular weight is 309 g/mol. The monoisotopic (exact) mass is 308 g/mol. The smallest absolute Gasteiger partial charge is 0.0364 e. The van der Waals surface area contributed by atoms with E-state index < -0.39 is 0 Å². The standard InChI is InChI=1S/C18H25ClS/c1-2-5-13-8-9-17(19)14(10-13)11-15-12-20-18-7-4-3-6-16(15)18/h3-4,6-7,13-15,17H,2,5,8-12H2,1H3. The van der Waals surface area contributed by atoms with E-state index >= 15 is 0 Å². The molecule has 4 atom stereocenters. The van der Waals surface area contributed by atoms with Crippen molar-refractivity contribution in [3.8, 4) is 0 Å². The van der Waals surface area contributed by atoms with Gasteiger partial charge >= 0.3 is 0 Å². The first-order valence-corrected chi connectivity index (χ1v) is 9.56. The van der Waals surface area contributed by atoms with Gasteiger partial charge in [-0.2, -0.15) is 0 Å². The molecule has 1 aliphatic carbocycles. The van der Waals surface area contributed by atoms with Crippen molar-refractivity contribution in [1.29, 1.82) is 0 Å². The van der Waals surface area contributed by atoms with E-state index in [4.69, 9.17) is 11.6 Å². The van der Waals surface area contributed by atoms with Gasteiger partial charge in [0, 0.05) is 16.0 Å². The van der Waals surface area contributed by atoms with Gasteiger partial charge in [-0.25, -0.2) is 0 Å². The van der Waals surface area contributed by atoms with Gasteiger partial charge in [-0.3, -0.25) is 0 Å². The fourth-order valence-corrected chi connectivity index (χ4v) is 5.63. The molecule has 0 N–H and O–H groups in total. The molecule has 0 spiro atoms. The van der Waals surface area contributed by atoms with Gasteiger partial charge in [-0.15, -0.1) is 23.4 Å². The third-order valence-electron chi connectivity index (χ3n) is 5.08. The Labute approximate surface area is 132 Å². The zero-order valence-corrected chi connectivity index (χ0v) is 13.9. The van der Waals surface area contributed by atoms with Gasteiger partial charge in [-0.05, 0) is 55.1 Å². The fourth-order valence-electron chi connectivity index (χ4n) is 4.03. The summed E-state index contributed by atoms with van der Waals surface area (Å²) in [5, 5.41) is 0.417. The van der Waals surface area contributed by atoms with Crippen LogP contribution in [0.3, 0.4) is 0 Å². The largest absolute Gasteiger partial charge is 0.125 e. The molecule has 0 radical (unpaired) electrons. The van der Waals surface area contributed by atoms with Crippen LogP contribution >= 0.6 is 23.4 Å². The van der Waals surface area contributed by atoms with Crippen molar-refractivity contribution in [3.63, 3.8) is 0 Å². The number of alkyl halides is 1. The molecule has 1 saturated carbocycles. The predicted octanol–water partition coefficient (Wildman–Crippen LogP) is 6.09. The number of rotatable bonds is 4. The molecule has 1 aromatic rings. The Kier molecular flexibility index (Phi) is 4.99. The highest BCUT2D eigenvalue weighted by atomic mass is 35.5. The summed E-state index contributed by atoms with van der Waals surface area (Å²) in [6.45, 7) is 2.31. The highest BCUT2D eigenvalue weighted by molar-refractivity contribution is 7.99. The Hall–Kier alpha value is -0.140. The fraction of sp³-hybridized carbons (Fsp3) is 0.667. The summed E-state index contributed by atoms with van der Waals surface area (Å²) >= 11 is 8.68. The summed E-state index contributed by atoms with van der Waals surface area (Å²) in [5.41, 5.74) is 1.58. The van der Waals surface area contributed by atoms with Crippen LogP contribution in [0, 0.1) is 11.8 Å². The molecule has 110 valence electrons. The predicted molar refractivity (Wildman–Crippen MR) is 89.9 cm³/mol. The lowest BCUT2D eigenvalue weighted by Gasteiger charge is -2.34. The third-order valence-corrected chi connectivity index (χ3v) is 6.91.